The third-order valence-electron chi connectivity index (χ3n) is 8.70. The number of methoxy groups -OCH3 is 2. The zero-order chi connectivity index (χ0) is 33.4. The number of nitrogens with zero attached hydrogens (tertiary/aromatic N) is 4. The van der Waals surface area contributed by atoms with Gasteiger partial charge in [-0.05, 0) is 68.9 Å². The van der Waals surface area contributed by atoms with Crippen LogP contribution in [0.3, 0.4) is 0 Å². The van der Waals surface area contributed by atoms with E-state index in [1.165, 1.54) is 28.1 Å². The minimum Gasteiger partial charge on any atom is -0.875 e. The summed E-state index contributed by atoms with van der Waals surface area (Å²) in [5.41, 5.74) is 9.24. The first-order valence-electron chi connectivity index (χ1n) is 15.1. The van der Waals surface area contributed by atoms with Gasteiger partial charge in [0.25, 0.3) is 0 Å². The Morgan fingerprint density at radius 2 is 1.32 bits per heavy atom. The molecule has 0 unspecified atom stereocenters. The maximum Gasteiger partial charge on any atom is 0.305 e. The van der Waals surface area contributed by atoms with Crippen LogP contribution in [0.4, 0.5) is 0 Å². The van der Waals surface area contributed by atoms with Crippen molar-refractivity contribution in [2.45, 2.75) is 67.2 Å². The summed E-state index contributed by atoms with van der Waals surface area (Å²) in [4.78, 5) is 43.9. The van der Waals surface area contributed by atoms with Crippen molar-refractivity contribution in [3.8, 4) is 0 Å². The summed E-state index contributed by atoms with van der Waals surface area (Å²) >= 11 is 0. The molecule has 0 atom stereocenters. The molecule has 3 aromatic rings. The minimum atomic E-state index is -0.345. The van der Waals surface area contributed by atoms with E-state index < -0.39 is 0 Å². The van der Waals surface area contributed by atoms with E-state index in [-0.39, 0.29) is 52.8 Å². The Bertz CT molecular complexity index is 2140. The van der Waals surface area contributed by atoms with Crippen LogP contribution in [0.15, 0.2) is 30.0 Å². The fourth-order valence-corrected chi connectivity index (χ4v) is 6.14. The summed E-state index contributed by atoms with van der Waals surface area (Å²) in [6.07, 6.45) is 1.07. The van der Waals surface area contributed by atoms with Gasteiger partial charge in [0.2, 0.25) is 0 Å². The van der Waals surface area contributed by atoms with Crippen molar-refractivity contribution >= 4 is 62.1 Å². The predicted molar refractivity (Wildman–Crippen MR) is 172 cm³/mol. The number of allylic oxidation sites excluding steroid dienone is 4. The number of hydrogen-bond acceptors (Lipinski definition) is 8. The number of hydrogen-bond donors (Lipinski definition) is 0. The Kier molecular flexibility index (Phi) is 10.5. The van der Waals surface area contributed by atoms with Crippen LogP contribution in [0.1, 0.15) is 80.7 Å². The summed E-state index contributed by atoms with van der Waals surface area (Å²) in [5.74, 6) is -0.976. The van der Waals surface area contributed by atoms with Crippen LogP contribution < -0.4 is 30.7 Å². The standard InChI is InChI=1S/C36H38N4O6.Ni/c1-17-23(9-11-33(43)45-7)29-16-30-24(10-12-34(44)46-8)18(2)26(38-30)14-31-36(22(6)42)20(4)28(40-31)15-32-35(21(5)41)19(3)27(39-32)13-25(17)37-29;/h13-16H,9-12H2,1-8H3,(H2-2,37,38,39,40,41,42);/q-2;/p-2. The van der Waals surface area contributed by atoms with E-state index in [4.69, 9.17) is 29.4 Å². The van der Waals surface area contributed by atoms with Gasteiger partial charge in [-0.25, -0.2) is 9.97 Å². The molecule has 3 aromatic heterocycles. The summed E-state index contributed by atoms with van der Waals surface area (Å²) in [6.45, 7) is 10.5. The van der Waals surface area contributed by atoms with Crippen LogP contribution in [0, 0.1) is 13.8 Å². The molecule has 47 heavy (non-hydrogen) atoms. The molecule has 10 nitrogen and oxygen atoms in total. The third-order valence-corrected chi connectivity index (χ3v) is 8.70. The van der Waals surface area contributed by atoms with Crippen molar-refractivity contribution in [2.24, 2.45) is 0 Å². The fourth-order valence-electron chi connectivity index (χ4n) is 6.14. The molecule has 0 saturated carbocycles. The number of aryl methyl sites for hydroxylation is 3. The third kappa shape index (κ3) is 6.76. The molecule has 11 heteroatoms. The maximum atomic E-state index is 12.9. The SMILES string of the molecule is COC(=O)CCC1=C(C)c2cc3nc(cc4[n-]c(cc5[n-]c(cc1n2)c(CCC(=O)OC)c5C)c(C)/c4=C(\C)[O-])=C(C)/C3=C(\C)[O-].[Ni]. The van der Waals surface area contributed by atoms with Crippen molar-refractivity contribution in [1.82, 2.24) is 19.9 Å². The molecule has 2 aliphatic heterocycles. The summed E-state index contributed by atoms with van der Waals surface area (Å²) < 4.78 is 9.82. The van der Waals surface area contributed by atoms with E-state index in [1.807, 2.05) is 39.8 Å². The van der Waals surface area contributed by atoms with E-state index in [9.17, 15) is 19.8 Å². The number of rotatable bonds is 6. The van der Waals surface area contributed by atoms with Gasteiger partial charge in [0.05, 0.1) is 36.7 Å². The average molecular weight is 679 g/mol. The first kappa shape index (κ1) is 35.2. The molecule has 8 bridgehead atoms. The molecule has 0 amide bonds. The molecule has 250 valence electrons. The van der Waals surface area contributed by atoms with Gasteiger partial charge in [-0.1, -0.05) is 54.0 Å². The molecule has 5 rings (SSSR count). The smallest absolute Gasteiger partial charge is 0.305 e. The van der Waals surface area contributed by atoms with Crippen LogP contribution in [-0.2, 0) is 42.0 Å². The number of esters is 2. The van der Waals surface area contributed by atoms with Crippen LogP contribution in [0.5, 0.6) is 0 Å². The monoisotopic (exact) mass is 678 g/mol. The second-order valence-electron chi connectivity index (χ2n) is 11.6. The Morgan fingerprint density at radius 1 is 0.702 bits per heavy atom. The van der Waals surface area contributed by atoms with Crippen molar-refractivity contribution < 1.29 is 45.8 Å². The normalized spacial score (nSPS) is 14.5. The number of fused-ring (bicyclic) bond motifs is 8. The average Bonchev–Trinajstić information content (AvgIpc) is 3.67. The summed E-state index contributed by atoms with van der Waals surface area (Å²) in [6, 6.07) is 7.24. The summed E-state index contributed by atoms with van der Waals surface area (Å²) in [5, 5.41) is 26.8. The van der Waals surface area contributed by atoms with Crippen LogP contribution in [0.2, 0.25) is 0 Å². The molecular weight excluding hydrogens is 643 g/mol. The number of carbonyl (C=O) groups excluding carboxylic acids is 2. The van der Waals surface area contributed by atoms with Gasteiger partial charge in [-0.2, -0.15) is 0 Å². The minimum absolute atomic E-state index is 0. The largest absolute Gasteiger partial charge is 0.875 e. The molecule has 0 aliphatic carbocycles. The first-order chi connectivity index (χ1) is 21.8. The van der Waals surface area contributed by atoms with Gasteiger partial charge >= 0.3 is 11.9 Å². The molecule has 0 aromatic carbocycles. The van der Waals surface area contributed by atoms with E-state index >= 15 is 0 Å². The molecule has 0 fully saturated rings. The van der Waals surface area contributed by atoms with Gasteiger partial charge in [0, 0.05) is 29.3 Å². The van der Waals surface area contributed by atoms with E-state index in [2.05, 4.69) is 0 Å². The van der Waals surface area contributed by atoms with Crippen molar-refractivity contribution in [2.75, 3.05) is 14.2 Å². The van der Waals surface area contributed by atoms with Crippen LogP contribution in [0.25, 0.3) is 50.1 Å². The molecule has 2 aliphatic rings. The second-order valence-corrected chi connectivity index (χ2v) is 11.6. The zero-order valence-electron chi connectivity index (χ0n) is 27.7. The Balaban J connectivity index is 0.00000500. The van der Waals surface area contributed by atoms with Gasteiger partial charge in [-0.3, -0.25) is 9.59 Å². The fraction of sp³-hybridized carbons (Fsp3) is 0.333. The van der Waals surface area contributed by atoms with Gasteiger partial charge in [0.1, 0.15) is 0 Å². The van der Waals surface area contributed by atoms with Gasteiger partial charge in [-0.15, -0.1) is 33.6 Å². The quantitative estimate of drug-likeness (QED) is 0.216. The maximum absolute atomic E-state index is 12.9. The Morgan fingerprint density at radius 3 is 1.94 bits per heavy atom. The number of carbonyl (C=O) groups is 2. The van der Waals surface area contributed by atoms with E-state index in [0.29, 0.717) is 79.3 Å². The molecule has 0 radical (unpaired) electrons. The van der Waals surface area contributed by atoms with Crippen LogP contribution >= 0.6 is 0 Å². The van der Waals surface area contributed by atoms with Gasteiger partial charge < -0.3 is 29.7 Å². The molecular formula is C36H36N4NiO6-4. The molecule has 0 saturated heterocycles. The van der Waals surface area contributed by atoms with Gasteiger partial charge in [0.15, 0.2) is 0 Å². The Hall–Kier alpha value is -4.63. The summed E-state index contributed by atoms with van der Waals surface area (Å²) in [7, 11) is 2.71. The zero-order valence-corrected chi connectivity index (χ0v) is 28.7. The van der Waals surface area contributed by atoms with E-state index in [1.54, 1.807) is 12.1 Å². The predicted octanol–water partition coefficient (Wildman–Crippen LogP) is 2.63. The Labute approximate surface area is 282 Å². The molecule has 0 spiro atoms. The van der Waals surface area contributed by atoms with Crippen molar-refractivity contribution in [1.29, 1.82) is 0 Å². The number of aromatic nitrogens is 4. The first-order valence-corrected chi connectivity index (χ1v) is 15.1. The van der Waals surface area contributed by atoms with E-state index in [0.717, 1.165) is 22.3 Å². The topological polar surface area (TPSA) is 153 Å². The second kappa shape index (κ2) is 14.0. The molecule has 5 heterocycles. The molecule has 0 N–H and O–H groups in total. The van der Waals surface area contributed by atoms with Crippen molar-refractivity contribution in [3.05, 3.63) is 74.4 Å². The van der Waals surface area contributed by atoms with Crippen LogP contribution in [-0.4, -0.2) is 36.1 Å². The number of ether oxygens (including phenoxy) is 2. The van der Waals surface area contributed by atoms with Crippen molar-refractivity contribution in [3.63, 3.8) is 0 Å².